The molecular formula is C14H14ClN3S. The molecule has 0 saturated heterocycles. The van der Waals surface area contributed by atoms with E-state index in [2.05, 4.69) is 4.98 Å². The maximum Gasteiger partial charge on any atom is 0.135 e. The van der Waals surface area contributed by atoms with Crippen LogP contribution in [-0.4, -0.2) is 10.8 Å². The van der Waals surface area contributed by atoms with Crippen LogP contribution in [0, 0.1) is 5.41 Å². The highest BCUT2D eigenvalue weighted by Gasteiger charge is 2.30. The molecule has 98 valence electrons. The average Bonchev–Trinajstić information content (AvgIpc) is 3.13. The molecular weight excluding hydrogens is 278 g/mol. The van der Waals surface area contributed by atoms with E-state index in [0.29, 0.717) is 5.92 Å². The van der Waals surface area contributed by atoms with Crippen molar-refractivity contribution in [3.8, 4) is 0 Å². The van der Waals surface area contributed by atoms with Gasteiger partial charge in [-0.2, -0.15) is 0 Å². The quantitative estimate of drug-likeness (QED) is 0.668. The van der Waals surface area contributed by atoms with E-state index in [-0.39, 0.29) is 5.84 Å². The Morgan fingerprint density at radius 3 is 2.63 bits per heavy atom. The zero-order valence-corrected chi connectivity index (χ0v) is 11.9. The minimum Gasteiger partial charge on any atom is -0.383 e. The van der Waals surface area contributed by atoms with Crippen LogP contribution in [0.25, 0.3) is 0 Å². The van der Waals surface area contributed by atoms with E-state index in [4.69, 9.17) is 22.7 Å². The first-order valence-corrected chi connectivity index (χ1v) is 7.41. The number of rotatable bonds is 4. The molecule has 0 unspecified atom stereocenters. The van der Waals surface area contributed by atoms with Crippen LogP contribution in [0.3, 0.4) is 0 Å². The van der Waals surface area contributed by atoms with Gasteiger partial charge in [0.25, 0.3) is 0 Å². The Labute approximate surface area is 120 Å². The van der Waals surface area contributed by atoms with Crippen LogP contribution in [-0.2, 0) is 6.42 Å². The standard InChI is InChI=1S/C14H14ClN3S/c15-10-5-1-8(2-6-10)7-11-18-12(9-3-4-9)13(19-11)14(16)17/h1-2,5-6,9H,3-4,7H2,(H3,16,17). The number of amidine groups is 1. The lowest BCUT2D eigenvalue weighted by Crippen LogP contribution is -2.11. The van der Waals surface area contributed by atoms with Gasteiger partial charge < -0.3 is 5.73 Å². The van der Waals surface area contributed by atoms with Crippen molar-refractivity contribution in [2.75, 3.05) is 0 Å². The first kappa shape index (κ1) is 12.6. The smallest absolute Gasteiger partial charge is 0.135 e. The maximum atomic E-state index is 7.65. The summed E-state index contributed by atoms with van der Waals surface area (Å²) < 4.78 is 0. The predicted molar refractivity (Wildman–Crippen MR) is 79.4 cm³/mol. The Kier molecular flexibility index (Phi) is 3.29. The van der Waals surface area contributed by atoms with Gasteiger partial charge in [-0.1, -0.05) is 23.7 Å². The Balaban J connectivity index is 1.86. The van der Waals surface area contributed by atoms with Crippen LogP contribution in [0.2, 0.25) is 5.02 Å². The lowest BCUT2D eigenvalue weighted by Gasteiger charge is -1.97. The molecule has 3 rings (SSSR count). The van der Waals surface area contributed by atoms with Crippen molar-refractivity contribution < 1.29 is 0 Å². The van der Waals surface area contributed by atoms with Crippen LogP contribution in [0.15, 0.2) is 24.3 Å². The Bertz CT molecular complexity index is 614. The first-order chi connectivity index (χ1) is 9.13. The topological polar surface area (TPSA) is 62.8 Å². The SMILES string of the molecule is N=C(N)c1sc(Cc2ccc(Cl)cc2)nc1C1CC1. The number of aromatic nitrogens is 1. The lowest BCUT2D eigenvalue weighted by molar-refractivity contribution is 1.00. The van der Waals surface area contributed by atoms with Crippen molar-refractivity contribution in [2.45, 2.75) is 25.2 Å². The molecule has 1 fully saturated rings. The highest BCUT2D eigenvalue weighted by molar-refractivity contribution is 7.13. The zero-order valence-electron chi connectivity index (χ0n) is 10.3. The van der Waals surface area contributed by atoms with Crippen molar-refractivity contribution in [1.82, 2.24) is 4.98 Å². The van der Waals surface area contributed by atoms with Crippen molar-refractivity contribution in [1.29, 1.82) is 5.41 Å². The molecule has 0 atom stereocenters. The van der Waals surface area contributed by atoms with Crippen LogP contribution in [0.1, 0.15) is 39.9 Å². The van der Waals surface area contributed by atoms with Crippen molar-refractivity contribution in [2.24, 2.45) is 5.73 Å². The summed E-state index contributed by atoms with van der Waals surface area (Å²) in [5.74, 6) is 0.663. The number of nitrogen functional groups attached to an aromatic ring is 1. The zero-order chi connectivity index (χ0) is 13.4. The molecule has 0 spiro atoms. The minimum absolute atomic E-state index is 0.141. The van der Waals surface area contributed by atoms with E-state index < -0.39 is 0 Å². The fourth-order valence-electron chi connectivity index (χ4n) is 2.06. The number of thiazole rings is 1. The van der Waals surface area contributed by atoms with E-state index in [9.17, 15) is 0 Å². The van der Waals surface area contributed by atoms with E-state index >= 15 is 0 Å². The highest BCUT2D eigenvalue weighted by atomic mass is 35.5. The summed E-state index contributed by atoms with van der Waals surface area (Å²) >= 11 is 7.42. The molecule has 1 aromatic heterocycles. The summed E-state index contributed by atoms with van der Waals surface area (Å²) in [7, 11) is 0. The molecule has 1 aromatic carbocycles. The lowest BCUT2D eigenvalue weighted by atomic mass is 10.1. The van der Waals surface area contributed by atoms with Gasteiger partial charge in [-0.05, 0) is 30.5 Å². The molecule has 0 aliphatic heterocycles. The number of hydrogen-bond donors (Lipinski definition) is 2. The first-order valence-electron chi connectivity index (χ1n) is 6.22. The number of halogens is 1. The second-order valence-corrected chi connectivity index (χ2v) is 6.33. The van der Waals surface area contributed by atoms with Crippen LogP contribution in [0.4, 0.5) is 0 Å². The summed E-state index contributed by atoms with van der Waals surface area (Å²) in [5, 5.41) is 9.41. The molecule has 1 aliphatic rings. The third-order valence-electron chi connectivity index (χ3n) is 3.17. The molecule has 5 heteroatoms. The molecule has 1 heterocycles. The molecule has 3 nitrogen and oxygen atoms in total. The number of hydrogen-bond acceptors (Lipinski definition) is 3. The molecule has 3 N–H and O–H groups in total. The molecule has 0 amide bonds. The third-order valence-corrected chi connectivity index (χ3v) is 4.53. The largest absolute Gasteiger partial charge is 0.383 e. The fraction of sp³-hybridized carbons (Fsp3) is 0.286. The van der Waals surface area contributed by atoms with Crippen molar-refractivity contribution in [3.05, 3.63) is 50.4 Å². The monoisotopic (exact) mass is 291 g/mol. The second-order valence-electron chi connectivity index (χ2n) is 4.81. The van der Waals surface area contributed by atoms with Gasteiger partial charge in [-0.15, -0.1) is 11.3 Å². The average molecular weight is 292 g/mol. The van der Waals surface area contributed by atoms with Gasteiger partial charge in [-0.25, -0.2) is 4.98 Å². The van der Waals surface area contributed by atoms with Crippen LogP contribution in [0.5, 0.6) is 0 Å². The van der Waals surface area contributed by atoms with Gasteiger partial charge in [-0.3, -0.25) is 5.41 Å². The summed E-state index contributed by atoms with van der Waals surface area (Å²) in [6.45, 7) is 0. The Morgan fingerprint density at radius 2 is 2.05 bits per heavy atom. The van der Waals surface area contributed by atoms with Crippen molar-refractivity contribution in [3.63, 3.8) is 0 Å². The summed E-state index contributed by atoms with van der Waals surface area (Å²) in [6.07, 6.45) is 3.11. The van der Waals surface area contributed by atoms with Gasteiger partial charge in [0.1, 0.15) is 5.84 Å². The summed E-state index contributed by atoms with van der Waals surface area (Å²) in [4.78, 5) is 5.53. The number of benzene rings is 1. The van der Waals surface area contributed by atoms with E-state index in [0.717, 1.165) is 27.0 Å². The number of nitrogens with zero attached hydrogens (tertiary/aromatic N) is 1. The molecule has 2 aromatic rings. The Hall–Kier alpha value is -1.39. The number of nitrogens with one attached hydrogen (secondary N) is 1. The number of nitrogens with two attached hydrogens (primary N) is 1. The van der Waals surface area contributed by atoms with Gasteiger partial charge in [0.2, 0.25) is 0 Å². The predicted octanol–water partition coefficient (Wildman–Crippen LogP) is 3.55. The molecule has 0 bridgehead atoms. The van der Waals surface area contributed by atoms with Gasteiger partial charge >= 0.3 is 0 Å². The Morgan fingerprint density at radius 1 is 1.37 bits per heavy atom. The summed E-state index contributed by atoms with van der Waals surface area (Å²) in [5.41, 5.74) is 7.85. The minimum atomic E-state index is 0.141. The van der Waals surface area contributed by atoms with Gasteiger partial charge in [0, 0.05) is 17.4 Å². The summed E-state index contributed by atoms with van der Waals surface area (Å²) in [6, 6.07) is 7.79. The van der Waals surface area contributed by atoms with Gasteiger partial charge in [0.05, 0.1) is 15.6 Å². The highest BCUT2D eigenvalue weighted by Crippen LogP contribution is 2.42. The van der Waals surface area contributed by atoms with Crippen LogP contribution >= 0.6 is 22.9 Å². The fourth-order valence-corrected chi connectivity index (χ4v) is 3.23. The molecule has 1 saturated carbocycles. The van der Waals surface area contributed by atoms with Gasteiger partial charge in [0.15, 0.2) is 0 Å². The normalized spacial score (nSPS) is 14.6. The molecule has 0 radical (unpaired) electrons. The second kappa shape index (κ2) is 4.94. The third kappa shape index (κ3) is 2.80. The van der Waals surface area contributed by atoms with E-state index in [1.54, 1.807) is 11.3 Å². The van der Waals surface area contributed by atoms with E-state index in [1.165, 1.54) is 18.4 Å². The van der Waals surface area contributed by atoms with Crippen LogP contribution < -0.4 is 5.73 Å². The molecule has 19 heavy (non-hydrogen) atoms. The molecule has 1 aliphatic carbocycles. The van der Waals surface area contributed by atoms with Crippen molar-refractivity contribution >= 4 is 28.8 Å². The maximum absolute atomic E-state index is 7.65. The van der Waals surface area contributed by atoms with E-state index in [1.807, 2.05) is 24.3 Å².